The molecule has 0 spiro atoms. The molecule has 2 aliphatic rings. The van der Waals surface area contributed by atoms with Gasteiger partial charge >= 0.3 is 0 Å². The first-order valence-corrected chi connectivity index (χ1v) is 9.94. The van der Waals surface area contributed by atoms with Gasteiger partial charge < -0.3 is 10.2 Å². The zero-order valence-electron chi connectivity index (χ0n) is 16.7. The van der Waals surface area contributed by atoms with E-state index in [0.29, 0.717) is 43.5 Å². The SMILES string of the molecule is CCCC(=O)N1CCC(NC(=O)c2ccc3c(c2)C(=O)N(C(C)C)C3=O)CC1. The van der Waals surface area contributed by atoms with Gasteiger partial charge in [-0.25, -0.2) is 0 Å². The molecule has 1 fully saturated rings. The molecule has 0 aliphatic carbocycles. The van der Waals surface area contributed by atoms with Crippen LogP contribution in [0.2, 0.25) is 0 Å². The van der Waals surface area contributed by atoms with Gasteiger partial charge in [0.2, 0.25) is 5.91 Å². The lowest BCUT2D eigenvalue weighted by Gasteiger charge is -2.32. The highest BCUT2D eigenvalue weighted by atomic mass is 16.2. The highest BCUT2D eigenvalue weighted by Crippen LogP contribution is 2.26. The molecule has 7 nitrogen and oxygen atoms in total. The van der Waals surface area contributed by atoms with E-state index in [2.05, 4.69) is 5.32 Å². The maximum Gasteiger partial charge on any atom is 0.261 e. The van der Waals surface area contributed by atoms with Crippen molar-refractivity contribution in [1.82, 2.24) is 15.1 Å². The Balaban J connectivity index is 1.64. The number of hydrogen-bond donors (Lipinski definition) is 1. The summed E-state index contributed by atoms with van der Waals surface area (Å²) in [4.78, 5) is 52.5. The van der Waals surface area contributed by atoms with Gasteiger partial charge in [-0.1, -0.05) is 6.92 Å². The number of fused-ring (bicyclic) bond motifs is 1. The number of nitrogens with one attached hydrogen (secondary N) is 1. The first kappa shape index (κ1) is 20.0. The largest absolute Gasteiger partial charge is 0.349 e. The number of hydrogen-bond acceptors (Lipinski definition) is 4. The van der Waals surface area contributed by atoms with Crippen molar-refractivity contribution >= 4 is 23.6 Å². The van der Waals surface area contributed by atoms with E-state index in [9.17, 15) is 19.2 Å². The summed E-state index contributed by atoms with van der Waals surface area (Å²) in [5, 5.41) is 2.99. The lowest BCUT2D eigenvalue weighted by atomic mass is 10.0. The van der Waals surface area contributed by atoms with E-state index < -0.39 is 0 Å². The molecular formula is C21H27N3O4. The maximum absolute atomic E-state index is 12.6. The van der Waals surface area contributed by atoms with E-state index in [1.165, 1.54) is 11.0 Å². The quantitative estimate of drug-likeness (QED) is 0.788. The summed E-state index contributed by atoms with van der Waals surface area (Å²) in [6.45, 7) is 6.84. The van der Waals surface area contributed by atoms with Crippen LogP contribution in [0.3, 0.4) is 0 Å². The van der Waals surface area contributed by atoms with E-state index in [4.69, 9.17) is 0 Å². The summed E-state index contributed by atoms with van der Waals surface area (Å²) in [6, 6.07) is 4.41. The molecule has 0 aromatic heterocycles. The van der Waals surface area contributed by atoms with Crippen LogP contribution in [0.4, 0.5) is 0 Å². The lowest BCUT2D eigenvalue weighted by Crippen LogP contribution is -2.46. The minimum absolute atomic E-state index is 0.00377. The van der Waals surface area contributed by atoms with Crippen molar-refractivity contribution in [3.63, 3.8) is 0 Å². The summed E-state index contributed by atoms with van der Waals surface area (Å²) in [5.41, 5.74) is 0.999. The predicted octanol–water partition coefficient (Wildman–Crippen LogP) is 2.21. The Morgan fingerprint density at radius 2 is 1.75 bits per heavy atom. The van der Waals surface area contributed by atoms with Crippen molar-refractivity contribution in [2.45, 2.75) is 58.5 Å². The second kappa shape index (κ2) is 8.12. The molecule has 0 unspecified atom stereocenters. The molecule has 4 amide bonds. The van der Waals surface area contributed by atoms with Crippen molar-refractivity contribution in [1.29, 1.82) is 0 Å². The van der Waals surface area contributed by atoms with Crippen molar-refractivity contribution in [2.75, 3.05) is 13.1 Å². The van der Waals surface area contributed by atoms with E-state index in [0.717, 1.165) is 6.42 Å². The topological polar surface area (TPSA) is 86.8 Å². The Labute approximate surface area is 165 Å². The zero-order valence-corrected chi connectivity index (χ0v) is 16.7. The smallest absolute Gasteiger partial charge is 0.261 e. The number of amides is 4. The number of benzene rings is 1. The number of nitrogens with zero attached hydrogens (tertiary/aromatic N) is 2. The number of carbonyl (C=O) groups excluding carboxylic acids is 4. The molecule has 3 rings (SSSR count). The number of imide groups is 1. The van der Waals surface area contributed by atoms with Crippen molar-refractivity contribution in [3.8, 4) is 0 Å². The Bertz CT molecular complexity index is 810. The molecule has 2 heterocycles. The monoisotopic (exact) mass is 385 g/mol. The molecule has 0 saturated carbocycles. The molecule has 2 aliphatic heterocycles. The average Bonchev–Trinajstić information content (AvgIpc) is 2.92. The third-order valence-corrected chi connectivity index (χ3v) is 5.34. The summed E-state index contributed by atoms with van der Waals surface area (Å²) in [7, 11) is 0. The van der Waals surface area contributed by atoms with Gasteiger partial charge in [-0.15, -0.1) is 0 Å². The fraction of sp³-hybridized carbons (Fsp3) is 0.524. The zero-order chi connectivity index (χ0) is 20.4. The van der Waals surface area contributed by atoms with Crippen LogP contribution in [-0.2, 0) is 4.79 Å². The third kappa shape index (κ3) is 3.79. The Morgan fingerprint density at radius 3 is 2.36 bits per heavy atom. The predicted molar refractivity (Wildman–Crippen MR) is 104 cm³/mol. The van der Waals surface area contributed by atoms with Gasteiger partial charge in [0.1, 0.15) is 0 Å². The van der Waals surface area contributed by atoms with Gasteiger partial charge in [0.15, 0.2) is 0 Å². The molecule has 0 radical (unpaired) electrons. The summed E-state index contributed by atoms with van der Waals surface area (Å²) < 4.78 is 0. The molecule has 1 N–H and O–H groups in total. The fourth-order valence-corrected chi connectivity index (χ4v) is 3.78. The Kier molecular flexibility index (Phi) is 5.82. The van der Waals surface area contributed by atoms with Crippen molar-refractivity contribution < 1.29 is 19.2 Å². The van der Waals surface area contributed by atoms with Crippen LogP contribution < -0.4 is 5.32 Å². The van der Waals surface area contributed by atoms with Crippen LogP contribution in [0.25, 0.3) is 0 Å². The van der Waals surface area contributed by atoms with Gasteiger partial charge in [-0.3, -0.25) is 24.1 Å². The molecule has 28 heavy (non-hydrogen) atoms. The normalized spacial score (nSPS) is 17.3. The number of likely N-dealkylation sites (tertiary alicyclic amines) is 1. The molecule has 1 aromatic carbocycles. The lowest BCUT2D eigenvalue weighted by molar-refractivity contribution is -0.132. The van der Waals surface area contributed by atoms with Crippen LogP contribution in [0.5, 0.6) is 0 Å². The first-order chi connectivity index (χ1) is 13.3. The second-order valence-electron chi connectivity index (χ2n) is 7.71. The maximum atomic E-state index is 12.6. The third-order valence-electron chi connectivity index (χ3n) is 5.34. The van der Waals surface area contributed by atoms with E-state index >= 15 is 0 Å². The standard InChI is InChI=1S/C21H27N3O4/c1-4-5-18(25)23-10-8-15(9-11-23)22-19(26)14-6-7-16-17(12-14)21(28)24(13(2)3)20(16)27/h6-7,12-13,15H,4-5,8-11H2,1-3H3,(H,22,26). The molecule has 0 bridgehead atoms. The van der Waals surface area contributed by atoms with E-state index in [-0.39, 0.29) is 41.3 Å². The van der Waals surface area contributed by atoms with Crippen LogP contribution in [0.1, 0.15) is 77.5 Å². The number of rotatable bonds is 5. The van der Waals surface area contributed by atoms with Crippen molar-refractivity contribution in [2.24, 2.45) is 0 Å². The van der Waals surface area contributed by atoms with Gasteiger partial charge in [-0.05, 0) is 51.3 Å². The van der Waals surface area contributed by atoms with Gasteiger partial charge in [0, 0.05) is 37.2 Å². The Hall–Kier alpha value is -2.70. The highest BCUT2D eigenvalue weighted by Gasteiger charge is 2.37. The minimum Gasteiger partial charge on any atom is -0.349 e. The highest BCUT2D eigenvalue weighted by molar-refractivity contribution is 6.22. The average molecular weight is 385 g/mol. The van der Waals surface area contributed by atoms with Crippen LogP contribution >= 0.6 is 0 Å². The van der Waals surface area contributed by atoms with E-state index in [1.54, 1.807) is 26.0 Å². The molecule has 7 heteroatoms. The van der Waals surface area contributed by atoms with Gasteiger partial charge in [-0.2, -0.15) is 0 Å². The van der Waals surface area contributed by atoms with Crippen molar-refractivity contribution in [3.05, 3.63) is 34.9 Å². The summed E-state index contributed by atoms with van der Waals surface area (Å²) in [5.74, 6) is -0.758. The minimum atomic E-state index is -0.354. The second-order valence-corrected chi connectivity index (χ2v) is 7.71. The van der Waals surface area contributed by atoms with E-state index in [1.807, 2.05) is 11.8 Å². The van der Waals surface area contributed by atoms with Crippen LogP contribution in [0, 0.1) is 0 Å². The molecule has 150 valence electrons. The van der Waals surface area contributed by atoms with Crippen LogP contribution in [0.15, 0.2) is 18.2 Å². The molecular weight excluding hydrogens is 358 g/mol. The summed E-state index contributed by atoms with van der Waals surface area (Å²) >= 11 is 0. The molecule has 1 saturated heterocycles. The number of carbonyl (C=O) groups is 4. The Morgan fingerprint density at radius 1 is 1.11 bits per heavy atom. The fourth-order valence-electron chi connectivity index (χ4n) is 3.78. The van der Waals surface area contributed by atoms with Gasteiger partial charge in [0.25, 0.3) is 17.7 Å². The van der Waals surface area contributed by atoms with Crippen LogP contribution in [-0.4, -0.2) is 58.6 Å². The first-order valence-electron chi connectivity index (χ1n) is 9.94. The van der Waals surface area contributed by atoms with Gasteiger partial charge in [0.05, 0.1) is 11.1 Å². The molecule has 1 aromatic rings. The molecule has 0 atom stereocenters. The number of piperidine rings is 1. The summed E-state index contributed by atoms with van der Waals surface area (Å²) in [6.07, 6.45) is 2.82.